The SMILES string of the molecule is CNc1cc(C(=O)N2CCC(OC)CC2)cc(C)n1. The lowest BCUT2D eigenvalue weighted by Gasteiger charge is -2.31. The fraction of sp³-hybridized carbons (Fsp3) is 0.571. The molecule has 1 aromatic heterocycles. The first-order valence-electron chi connectivity index (χ1n) is 6.62. The van der Waals surface area contributed by atoms with Crippen LogP contribution in [0.5, 0.6) is 0 Å². The van der Waals surface area contributed by atoms with Crippen molar-refractivity contribution < 1.29 is 9.53 Å². The maximum Gasteiger partial charge on any atom is 0.254 e. The molecule has 104 valence electrons. The number of amides is 1. The third-order valence-electron chi connectivity index (χ3n) is 3.52. The van der Waals surface area contributed by atoms with Crippen LogP contribution in [-0.2, 0) is 4.74 Å². The molecule has 0 aliphatic carbocycles. The van der Waals surface area contributed by atoms with E-state index in [1.165, 1.54) is 0 Å². The zero-order valence-corrected chi connectivity index (χ0v) is 11.8. The van der Waals surface area contributed by atoms with E-state index in [9.17, 15) is 4.79 Å². The third-order valence-corrected chi connectivity index (χ3v) is 3.52. The van der Waals surface area contributed by atoms with Crippen LogP contribution in [0.25, 0.3) is 0 Å². The molecule has 0 radical (unpaired) electrons. The number of aromatic nitrogens is 1. The number of ether oxygens (including phenoxy) is 1. The van der Waals surface area contributed by atoms with Crippen LogP contribution in [-0.4, -0.2) is 49.1 Å². The average molecular weight is 263 g/mol. The number of likely N-dealkylation sites (tertiary alicyclic amines) is 1. The Morgan fingerprint density at radius 3 is 2.68 bits per heavy atom. The number of methoxy groups -OCH3 is 1. The quantitative estimate of drug-likeness (QED) is 0.901. The number of piperidine rings is 1. The number of rotatable bonds is 3. The molecule has 1 aliphatic heterocycles. The van der Waals surface area contributed by atoms with Crippen molar-refractivity contribution in [2.75, 3.05) is 32.6 Å². The normalized spacial score (nSPS) is 16.5. The summed E-state index contributed by atoms with van der Waals surface area (Å²) in [6.45, 7) is 3.41. The zero-order chi connectivity index (χ0) is 13.8. The van der Waals surface area contributed by atoms with Gasteiger partial charge in [0.2, 0.25) is 0 Å². The average Bonchev–Trinajstić information content (AvgIpc) is 2.46. The number of aryl methyl sites for hydroxylation is 1. The van der Waals surface area contributed by atoms with E-state index in [1.807, 2.05) is 17.9 Å². The highest BCUT2D eigenvalue weighted by Crippen LogP contribution is 2.17. The van der Waals surface area contributed by atoms with E-state index < -0.39 is 0 Å². The number of carbonyl (C=O) groups is 1. The first-order chi connectivity index (χ1) is 9.13. The van der Waals surface area contributed by atoms with E-state index in [1.54, 1.807) is 20.2 Å². The van der Waals surface area contributed by atoms with Gasteiger partial charge in [-0.05, 0) is 31.9 Å². The molecule has 0 unspecified atom stereocenters. The van der Waals surface area contributed by atoms with Crippen molar-refractivity contribution in [2.45, 2.75) is 25.9 Å². The van der Waals surface area contributed by atoms with Gasteiger partial charge in [0, 0.05) is 38.5 Å². The Kier molecular flexibility index (Phi) is 4.37. The summed E-state index contributed by atoms with van der Waals surface area (Å²) in [5.41, 5.74) is 1.55. The van der Waals surface area contributed by atoms with Crippen molar-refractivity contribution in [3.8, 4) is 0 Å². The number of nitrogens with zero attached hydrogens (tertiary/aromatic N) is 2. The van der Waals surface area contributed by atoms with Gasteiger partial charge in [0.15, 0.2) is 0 Å². The second-order valence-electron chi connectivity index (χ2n) is 4.86. The van der Waals surface area contributed by atoms with Gasteiger partial charge in [-0.3, -0.25) is 4.79 Å². The van der Waals surface area contributed by atoms with Gasteiger partial charge in [0.25, 0.3) is 5.91 Å². The first kappa shape index (κ1) is 13.8. The zero-order valence-electron chi connectivity index (χ0n) is 11.8. The Morgan fingerprint density at radius 1 is 1.42 bits per heavy atom. The van der Waals surface area contributed by atoms with E-state index >= 15 is 0 Å². The van der Waals surface area contributed by atoms with Crippen LogP contribution in [0, 0.1) is 6.92 Å². The van der Waals surface area contributed by atoms with Gasteiger partial charge in [-0.25, -0.2) is 4.98 Å². The van der Waals surface area contributed by atoms with Crippen LogP contribution in [0.4, 0.5) is 5.82 Å². The van der Waals surface area contributed by atoms with E-state index in [-0.39, 0.29) is 12.0 Å². The number of hydrogen-bond acceptors (Lipinski definition) is 4. The number of pyridine rings is 1. The lowest BCUT2D eigenvalue weighted by Crippen LogP contribution is -2.40. The van der Waals surface area contributed by atoms with E-state index in [0.29, 0.717) is 5.56 Å². The van der Waals surface area contributed by atoms with Gasteiger partial charge >= 0.3 is 0 Å². The number of anilines is 1. The molecule has 0 bridgehead atoms. The monoisotopic (exact) mass is 263 g/mol. The van der Waals surface area contributed by atoms with E-state index in [0.717, 1.165) is 37.4 Å². The number of hydrogen-bond donors (Lipinski definition) is 1. The van der Waals surface area contributed by atoms with Gasteiger partial charge in [-0.15, -0.1) is 0 Å². The smallest absolute Gasteiger partial charge is 0.254 e. The molecule has 0 spiro atoms. The van der Waals surface area contributed by atoms with Crippen LogP contribution in [0.15, 0.2) is 12.1 Å². The Bertz CT molecular complexity index is 454. The molecule has 2 heterocycles. The standard InChI is InChI=1S/C14H21N3O2/c1-10-8-11(9-13(15-2)16-10)14(18)17-6-4-12(19-3)5-7-17/h8-9,12H,4-7H2,1-3H3,(H,15,16). The minimum Gasteiger partial charge on any atom is -0.381 e. The number of carbonyl (C=O) groups excluding carboxylic acids is 1. The van der Waals surface area contributed by atoms with Crippen molar-refractivity contribution in [1.82, 2.24) is 9.88 Å². The van der Waals surface area contributed by atoms with Crippen molar-refractivity contribution in [3.63, 3.8) is 0 Å². The summed E-state index contributed by atoms with van der Waals surface area (Å²) in [6.07, 6.45) is 2.10. The van der Waals surface area contributed by atoms with Crippen LogP contribution in [0.3, 0.4) is 0 Å². The van der Waals surface area contributed by atoms with E-state index in [2.05, 4.69) is 10.3 Å². The molecule has 2 rings (SSSR count). The summed E-state index contributed by atoms with van der Waals surface area (Å²) in [4.78, 5) is 18.6. The second kappa shape index (κ2) is 6.02. The molecule has 0 atom stereocenters. The first-order valence-corrected chi connectivity index (χ1v) is 6.62. The Balaban J connectivity index is 2.09. The molecule has 1 aliphatic rings. The van der Waals surface area contributed by atoms with Crippen LogP contribution in [0.2, 0.25) is 0 Å². The molecular formula is C14H21N3O2. The van der Waals surface area contributed by atoms with Gasteiger partial charge in [-0.1, -0.05) is 0 Å². The predicted octanol–water partition coefficient (Wildman–Crippen LogP) is 1.68. The highest BCUT2D eigenvalue weighted by Gasteiger charge is 2.23. The molecule has 0 aromatic carbocycles. The molecular weight excluding hydrogens is 242 g/mol. The summed E-state index contributed by atoms with van der Waals surface area (Å²) in [6, 6.07) is 3.64. The van der Waals surface area contributed by atoms with Gasteiger partial charge in [0.1, 0.15) is 5.82 Å². The van der Waals surface area contributed by atoms with Crippen LogP contribution < -0.4 is 5.32 Å². The van der Waals surface area contributed by atoms with Crippen molar-refractivity contribution in [2.24, 2.45) is 0 Å². The largest absolute Gasteiger partial charge is 0.381 e. The Hall–Kier alpha value is -1.62. The number of nitrogens with one attached hydrogen (secondary N) is 1. The highest BCUT2D eigenvalue weighted by atomic mass is 16.5. The summed E-state index contributed by atoms with van der Waals surface area (Å²) < 4.78 is 5.32. The van der Waals surface area contributed by atoms with Crippen molar-refractivity contribution in [1.29, 1.82) is 0 Å². The lowest BCUT2D eigenvalue weighted by molar-refractivity contribution is 0.0350. The van der Waals surface area contributed by atoms with Gasteiger partial charge < -0.3 is 15.0 Å². The summed E-state index contributed by atoms with van der Waals surface area (Å²) in [5, 5.41) is 2.98. The maximum atomic E-state index is 12.4. The lowest BCUT2D eigenvalue weighted by atomic mass is 10.1. The third kappa shape index (κ3) is 3.23. The summed E-state index contributed by atoms with van der Waals surface area (Å²) >= 11 is 0. The topological polar surface area (TPSA) is 54.5 Å². The molecule has 1 saturated heterocycles. The summed E-state index contributed by atoms with van der Waals surface area (Å²) in [5.74, 6) is 0.812. The molecule has 0 saturated carbocycles. The predicted molar refractivity (Wildman–Crippen MR) is 74.5 cm³/mol. The van der Waals surface area contributed by atoms with Gasteiger partial charge in [-0.2, -0.15) is 0 Å². The van der Waals surface area contributed by atoms with E-state index in [4.69, 9.17) is 4.74 Å². The van der Waals surface area contributed by atoms with Gasteiger partial charge in [0.05, 0.1) is 6.10 Å². The fourth-order valence-electron chi connectivity index (χ4n) is 2.40. The van der Waals surface area contributed by atoms with Crippen molar-refractivity contribution >= 4 is 11.7 Å². The van der Waals surface area contributed by atoms with Crippen molar-refractivity contribution in [3.05, 3.63) is 23.4 Å². The fourth-order valence-corrected chi connectivity index (χ4v) is 2.40. The van der Waals surface area contributed by atoms with Crippen LogP contribution in [0.1, 0.15) is 28.9 Å². The molecule has 1 N–H and O–H groups in total. The minimum atomic E-state index is 0.0801. The molecule has 5 nitrogen and oxygen atoms in total. The highest BCUT2D eigenvalue weighted by molar-refractivity contribution is 5.95. The molecule has 1 aromatic rings. The molecule has 19 heavy (non-hydrogen) atoms. The molecule has 1 fully saturated rings. The Morgan fingerprint density at radius 2 is 2.11 bits per heavy atom. The Labute approximate surface area is 114 Å². The maximum absolute atomic E-state index is 12.4. The summed E-state index contributed by atoms with van der Waals surface area (Å²) in [7, 11) is 3.54. The van der Waals surface area contributed by atoms with Crippen LogP contribution >= 0.6 is 0 Å². The minimum absolute atomic E-state index is 0.0801. The second-order valence-corrected chi connectivity index (χ2v) is 4.86. The molecule has 5 heteroatoms. The molecule has 1 amide bonds.